The van der Waals surface area contributed by atoms with Gasteiger partial charge in [0.2, 0.25) is 0 Å². The van der Waals surface area contributed by atoms with E-state index in [1.54, 1.807) is 6.07 Å². The van der Waals surface area contributed by atoms with Gasteiger partial charge in [0, 0.05) is 0 Å². The summed E-state index contributed by atoms with van der Waals surface area (Å²) in [6.07, 6.45) is 0. The number of rotatable bonds is 3. The van der Waals surface area contributed by atoms with Crippen molar-refractivity contribution in [3.8, 4) is 11.3 Å². The minimum atomic E-state index is -0.0559. The summed E-state index contributed by atoms with van der Waals surface area (Å²) in [5.74, 6) is 0. The molecule has 0 aliphatic carbocycles. The Hall–Kier alpha value is -2.84. The summed E-state index contributed by atoms with van der Waals surface area (Å²) < 4.78 is 1.85. The second-order valence-electron chi connectivity index (χ2n) is 7.42. The average Bonchev–Trinajstić information content (AvgIpc) is 2.65. The van der Waals surface area contributed by atoms with E-state index in [0.717, 1.165) is 27.8 Å². The summed E-state index contributed by atoms with van der Waals surface area (Å²) in [6, 6.07) is 22.3. The average molecular weight is 388 g/mol. The summed E-state index contributed by atoms with van der Waals surface area (Å²) in [6.45, 7) is 6.74. The molecule has 0 fully saturated rings. The van der Waals surface area contributed by atoms with Crippen molar-refractivity contribution in [2.75, 3.05) is 0 Å². The minimum Gasteiger partial charge on any atom is -0.303 e. The molecular formula is C25H22ClNO. The third kappa shape index (κ3) is 3.36. The van der Waals surface area contributed by atoms with E-state index in [4.69, 9.17) is 11.6 Å². The van der Waals surface area contributed by atoms with E-state index in [1.807, 2.05) is 22.8 Å². The van der Waals surface area contributed by atoms with Crippen LogP contribution in [-0.4, -0.2) is 4.57 Å². The molecule has 0 N–H and O–H groups in total. The van der Waals surface area contributed by atoms with Gasteiger partial charge in [0.05, 0.1) is 22.6 Å². The van der Waals surface area contributed by atoms with Gasteiger partial charge < -0.3 is 4.57 Å². The van der Waals surface area contributed by atoms with E-state index in [2.05, 4.69) is 63.2 Å². The SMILES string of the molecule is Cc1cccc(-c2cc3cccc(Cl)c3c(=O)n2Cc2ccc(C)cc2C)c1. The van der Waals surface area contributed by atoms with Crippen LogP contribution >= 0.6 is 11.6 Å². The normalized spacial score (nSPS) is 11.1. The van der Waals surface area contributed by atoms with Crippen molar-refractivity contribution in [2.24, 2.45) is 0 Å². The van der Waals surface area contributed by atoms with Crippen molar-refractivity contribution in [1.82, 2.24) is 4.57 Å². The molecule has 0 saturated carbocycles. The van der Waals surface area contributed by atoms with E-state index in [0.29, 0.717) is 17.0 Å². The Morgan fingerprint density at radius 3 is 2.36 bits per heavy atom. The quantitative estimate of drug-likeness (QED) is 0.404. The van der Waals surface area contributed by atoms with Crippen LogP contribution in [0.2, 0.25) is 5.02 Å². The monoisotopic (exact) mass is 387 g/mol. The predicted octanol–water partition coefficient (Wildman–Crippen LogP) is 6.30. The van der Waals surface area contributed by atoms with Gasteiger partial charge in [0.25, 0.3) is 5.56 Å². The molecule has 0 aliphatic rings. The summed E-state index contributed by atoms with van der Waals surface area (Å²) in [4.78, 5) is 13.5. The largest absolute Gasteiger partial charge is 0.303 e. The van der Waals surface area contributed by atoms with Crippen molar-refractivity contribution in [2.45, 2.75) is 27.3 Å². The van der Waals surface area contributed by atoms with Crippen molar-refractivity contribution >= 4 is 22.4 Å². The van der Waals surface area contributed by atoms with Crippen LogP contribution in [-0.2, 0) is 6.54 Å². The van der Waals surface area contributed by atoms with Crippen LogP contribution in [0.5, 0.6) is 0 Å². The van der Waals surface area contributed by atoms with Gasteiger partial charge in [-0.25, -0.2) is 0 Å². The lowest BCUT2D eigenvalue weighted by Gasteiger charge is -2.17. The first kappa shape index (κ1) is 18.5. The van der Waals surface area contributed by atoms with E-state index in [1.165, 1.54) is 11.1 Å². The van der Waals surface area contributed by atoms with Gasteiger partial charge >= 0.3 is 0 Å². The lowest BCUT2D eigenvalue weighted by Crippen LogP contribution is -2.23. The zero-order valence-corrected chi connectivity index (χ0v) is 17.0. The number of hydrogen-bond acceptors (Lipinski definition) is 1. The molecule has 0 radical (unpaired) electrons. The highest BCUT2D eigenvalue weighted by Gasteiger charge is 2.14. The topological polar surface area (TPSA) is 22.0 Å². The predicted molar refractivity (Wildman–Crippen MR) is 118 cm³/mol. The van der Waals surface area contributed by atoms with Crippen molar-refractivity contribution < 1.29 is 0 Å². The van der Waals surface area contributed by atoms with Crippen LogP contribution in [0.25, 0.3) is 22.0 Å². The molecule has 140 valence electrons. The Bertz CT molecular complexity index is 1250. The van der Waals surface area contributed by atoms with Crippen molar-refractivity contribution in [1.29, 1.82) is 0 Å². The fourth-order valence-electron chi connectivity index (χ4n) is 3.75. The summed E-state index contributed by atoms with van der Waals surface area (Å²) in [5.41, 5.74) is 6.57. The zero-order valence-electron chi connectivity index (χ0n) is 16.3. The Balaban J connectivity index is 2.01. The van der Waals surface area contributed by atoms with Gasteiger partial charge in [-0.05, 0) is 61.0 Å². The smallest absolute Gasteiger partial charge is 0.260 e. The minimum absolute atomic E-state index is 0.0559. The Kier molecular flexibility index (Phi) is 4.82. The molecule has 1 heterocycles. The van der Waals surface area contributed by atoms with Crippen LogP contribution in [0.3, 0.4) is 0 Å². The maximum absolute atomic E-state index is 13.5. The molecule has 2 nitrogen and oxygen atoms in total. The van der Waals surface area contributed by atoms with Gasteiger partial charge in [0.1, 0.15) is 0 Å². The molecule has 0 aliphatic heterocycles. The molecule has 28 heavy (non-hydrogen) atoms. The highest BCUT2D eigenvalue weighted by atomic mass is 35.5. The number of halogens is 1. The van der Waals surface area contributed by atoms with Gasteiger partial charge in [0.15, 0.2) is 0 Å². The number of benzene rings is 3. The molecule has 3 aromatic carbocycles. The molecule has 0 unspecified atom stereocenters. The maximum atomic E-state index is 13.5. The van der Waals surface area contributed by atoms with Crippen molar-refractivity contribution in [3.63, 3.8) is 0 Å². The second-order valence-corrected chi connectivity index (χ2v) is 7.83. The number of pyridine rings is 1. The van der Waals surface area contributed by atoms with Crippen molar-refractivity contribution in [3.05, 3.63) is 104 Å². The Labute approximate surface area is 170 Å². The van der Waals surface area contributed by atoms with Crippen LogP contribution in [0.15, 0.2) is 71.5 Å². The van der Waals surface area contributed by atoms with E-state index >= 15 is 0 Å². The molecule has 0 spiro atoms. The second kappa shape index (κ2) is 7.29. The van der Waals surface area contributed by atoms with Gasteiger partial charge in [-0.2, -0.15) is 0 Å². The highest BCUT2D eigenvalue weighted by Crippen LogP contribution is 2.27. The number of nitrogens with zero attached hydrogens (tertiary/aromatic N) is 1. The fraction of sp³-hybridized carbons (Fsp3) is 0.160. The zero-order chi connectivity index (χ0) is 19.8. The molecule has 0 atom stereocenters. The Morgan fingerprint density at radius 1 is 0.857 bits per heavy atom. The standard InChI is InChI=1S/C25H22ClNO/c1-16-6-4-7-19(13-16)23-14-20-8-5-9-22(26)24(20)25(28)27(23)15-21-11-10-17(2)12-18(21)3/h4-14H,15H2,1-3H3. The van der Waals surface area contributed by atoms with E-state index < -0.39 is 0 Å². The number of aryl methyl sites for hydroxylation is 3. The molecule has 4 rings (SSSR count). The van der Waals surface area contributed by atoms with Gasteiger partial charge in [-0.1, -0.05) is 71.3 Å². The highest BCUT2D eigenvalue weighted by molar-refractivity contribution is 6.35. The van der Waals surface area contributed by atoms with Gasteiger partial charge in [-0.15, -0.1) is 0 Å². The lowest BCUT2D eigenvalue weighted by molar-refractivity contribution is 0.772. The number of aromatic nitrogens is 1. The van der Waals surface area contributed by atoms with Crippen LogP contribution in [0.1, 0.15) is 22.3 Å². The summed E-state index contributed by atoms with van der Waals surface area (Å²) >= 11 is 6.40. The summed E-state index contributed by atoms with van der Waals surface area (Å²) in [7, 11) is 0. The van der Waals surface area contributed by atoms with Gasteiger partial charge in [-0.3, -0.25) is 4.79 Å². The molecule has 0 bridgehead atoms. The first-order valence-corrected chi connectivity index (χ1v) is 9.77. The molecule has 0 amide bonds. The van der Waals surface area contributed by atoms with Crippen LogP contribution in [0, 0.1) is 20.8 Å². The fourth-order valence-corrected chi connectivity index (χ4v) is 4.01. The molecule has 4 aromatic rings. The molecule has 1 aromatic heterocycles. The Morgan fingerprint density at radius 2 is 1.61 bits per heavy atom. The lowest BCUT2D eigenvalue weighted by atomic mass is 10.0. The van der Waals surface area contributed by atoms with E-state index in [-0.39, 0.29) is 5.56 Å². The third-order valence-corrected chi connectivity index (χ3v) is 5.54. The van der Waals surface area contributed by atoms with Crippen LogP contribution in [0.4, 0.5) is 0 Å². The third-order valence-electron chi connectivity index (χ3n) is 5.23. The van der Waals surface area contributed by atoms with Crippen LogP contribution < -0.4 is 5.56 Å². The number of fused-ring (bicyclic) bond motifs is 1. The molecular weight excluding hydrogens is 366 g/mol. The molecule has 0 saturated heterocycles. The molecule has 3 heteroatoms. The maximum Gasteiger partial charge on any atom is 0.260 e. The summed E-state index contributed by atoms with van der Waals surface area (Å²) in [5, 5.41) is 1.93. The van der Waals surface area contributed by atoms with E-state index in [9.17, 15) is 4.79 Å². The number of hydrogen-bond donors (Lipinski definition) is 0. The first-order chi connectivity index (χ1) is 13.4. The first-order valence-electron chi connectivity index (χ1n) is 9.39.